The second-order valence-electron chi connectivity index (χ2n) is 2.93. The van der Waals surface area contributed by atoms with Crippen LogP contribution in [0.4, 0.5) is 18.3 Å². The Balaban J connectivity index is 2.33. The summed E-state index contributed by atoms with van der Waals surface area (Å²) in [4.78, 5) is 7.57. The van der Waals surface area contributed by atoms with Crippen LogP contribution in [0.2, 0.25) is 0 Å². The molecule has 0 aliphatic heterocycles. The van der Waals surface area contributed by atoms with Crippen LogP contribution in [-0.4, -0.2) is 25.9 Å². The number of anilines is 1. The Morgan fingerprint density at radius 3 is 2.75 bits per heavy atom. The first kappa shape index (κ1) is 10.9. The third-order valence-corrected chi connectivity index (χ3v) is 2.37. The number of nitrogens with zero attached hydrogens (tertiary/aromatic N) is 4. The summed E-state index contributed by atoms with van der Waals surface area (Å²) in [6.45, 7) is -1.19. The molecule has 2 heterocycles. The Bertz CT molecular complexity index is 488. The number of alkyl halides is 3. The summed E-state index contributed by atoms with van der Waals surface area (Å²) < 4.78 is 37.3. The molecule has 16 heavy (non-hydrogen) atoms. The molecule has 0 spiro atoms. The molecule has 5 nitrogen and oxygen atoms in total. The normalized spacial score (nSPS) is 11.9. The van der Waals surface area contributed by atoms with Crippen molar-refractivity contribution in [3.05, 3.63) is 11.7 Å². The van der Waals surface area contributed by atoms with Gasteiger partial charge in [-0.15, -0.1) is 11.3 Å². The summed E-state index contributed by atoms with van der Waals surface area (Å²) in [5.41, 5.74) is 5.69. The zero-order valence-electron chi connectivity index (χ0n) is 7.77. The van der Waals surface area contributed by atoms with Gasteiger partial charge in [0.25, 0.3) is 0 Å². The predicted molar refractivity (Wildman–Crippen MR) is 51.6 cm³/mol. The van der Waals surface area contributed by atoms with Crippen molar-refractivity contribution in [3.63, 3.8) is 0 Å². The summed E-state index contributed by atoms with van der Waals surface area (Å²) in [5.74, 6) is 0.0604. The minimum Gasteiger partial charge on any atom is -0.375 e. The fourth-order valence-corrected chi connectivity index (χ4v) is 1.68. The molecule has 0 amide bonds. The Kier molecular flexibility index (Phi) is 2.54. The highest BCUT2D eigenvalue weighted by atomic mass is 32.1. The van der Waals surface area contributed by atoms with Gasteiger partial charge in [0.2, 0.25) is 0 Å². The lowest BCUT2D eigenvalue weighted by molar-refractivity contribution is -0.142. The lowest BCUT2D eigenvalue weighted by Gasteiger charge is -2.07. The lowest BCUT2D eigenvalue weighted by Crippen LogP contribution is -2.19. The molecule has 0 radical (unpaired) electrons. The second-order valence-corrected chi connectivity index (χ2v) is 3.82. The Morgan fingerprint density at radius 1 is 1.44 bits per heavy atom. The smallest absolute Gasteiger partial charge is 0.375 e. The molecule has 0 atom stereocenters. The highest BCUT2D eigenvalue weighted by Crippen LogP contribution is 2.24. The van der Waals surface area contributed by atoms with Gasteiger partial charge in [-0.25, -0.2) is 14.6 Å². The average Bonchev–Trinajstić information content (AvgIpc) is 2.71. The standard InChI is InChI=1S/C7H6F3N5S/c8-7(9,10)2-15-5(12-3-13-15)4-1-16-6(11)14-4/h1,3H,2H2,(H2,11,14). The second kappa shape index (κ2) is 3.74. The van der Waals surface area contributed by atoms with Gasteiger partial charge in [0.05, 0.1) is 0 Å². The van der Waals surface area contributed by atoms with Crippen LogP contribution in [-0.2, 0) is 6.54 Å². The summed E-state index contributed by atoms with van der Waals surface area (Å²) in [6.07, 6.45) is -3.29. The van der Waals surface area contributed by atoms with Crippen molar-refractivity contribution in [2.75, 3.05) is 5.73 Å². The Morgan fingerprint density at radius 2 is 2.19 bits per heavy atom. The SMILES string of the molecule is Nc1nc(-c2ncnn2CC(F)(F)F)cs1. The Hall–Kier alpha value is -1.64. The number of hydrogen-bond donors (Lipinski definition) is 1. The molecule has 9 heteroatoms. The van der Waals surface area contributed by atoms with Crippen molar-refractivity contribution in [3.8, 4) is 11.5 Å². The molecule has 0 aliphatic rings. The number of nitrogens with two attached hydrogens (primary N) is 1. The fourth-order valence-electron chi connectivity index (χ4n) is 1.14. The van der Waals surface area contributed by atoms with Gasteiger partial charge >= 0.3 is 6.18 Å². The Labute approximate surface area is 91.7 Å². The van der Waals surface area contributed by atoms with E-state index in [1.165, 1.54) is 5.38 Å². The first-order valence-electron chi connectivity index (χ1n) is 4.11. The summed E-state index contributed by atoms with van der Waals surface area (Å²) in [6, 6.07) is 0. The third-order valence-electron chi connectivity index (χ3n) is 1.70. The molecular weight excluding hydrogens is 243 g/mol. The zero-order chi connectivity index (χ0) is 11.8. The van der Waals surface area contributed by atoms with E-state index in [1.54, 1.807) is 0 Å². The van der Waals surface area contributed by atoms with E-state index in [1.807, 2.05) is 0 Å². The summed E-state index contributed by atoms with van der Waals surface area (Å²) in [5, 5.41) is 5.31. The van der Waals surface area contributed by atoms with E-state index >= 15 is 0 Å². The molecular formula is C7H6F3N5S. The molecule has 0 saturated carbocycles. The maximum absolute atomic E-state index is 12.2. The van der Waals surface area contributed by atoms with Crippen molar-refractivity contribution in [2.45, 2.75) is 12.7 Å². The van der Waals surface area contributed by atoms with Crippen LogP contribution in [0.3, 0.4) is 0 Å². The van der Waals surface area contributed by atoms with Gasteiger partial charge in [-0.3, -0.25) is 0 Å². The molecule has 2 aromatic rings. The molecule has 0 saturated heterocycles. The van der Waals surface area contributed by atoms with E-state index in [0.717, 1.165) is 22.3 Å². The van der Waals surface area contributed by atoms with Crippen LogP contribution in [0.25, 0.3) is 11.5 Å². The molecule has 2 rings (SSSR count). The maximum atomic E-state index is 12.2. The topological polar surface area (TPSA) is 69.6 Å². The quantitative estimate of drug-likeness (QED) is 0.876. The molecule has 0 aromatic carbocycles. The average molecular weight is 249 g/mol. The molecule has 86 valence electrons. The minimum atomic E-state index is -4.34. The van der Waals surface area contributed by atoms with Crippen molar-refractivity contribution in [1.82, 2.24) is 19.7 Å². The van der Waals surface area contributed by atoms with Crippen molar-refractivity contribution < 1.29 is 13.2 Å². The minimum absolute atomic E-state index is 0.0604. The van der Waals surface area contributed by atoms with E-state index in [0.29, 0.717) is 5.69 Å². The summed E-state index contributed by atoms with van der Waals surface area (Å²) >= 11 is 1.13. The number of rotatable bonds is 2. The first-order chi connectivity index (χ1) is 7.46. The van der Waals surface area contributed by atoms with Crippen LogP contribution in [0.1, 0.15) is 0 Å². The molecule has 0 unspecified atom stereocenters. The maximum Gasteiger partial charge on any atom is 0.408 e. The summed E-state index contributed by atoms with van der Waals surface area (Å²) in [7, 11) is 0. The number of hydrogen-bond acceptors (Lipinski definition) is 5. The van der Waals surface area contributed by atoms with Crippen LogP contribution >= 0.6 is 11.3 Å². The van der Waals surface area contributed by atoms with Crippen LogP contribution in [0.5, 0.6) is 0 Å². The molecule has 2 aromatic heterocycles. The van der Waals surface area contributed by atoms with Gasteiger partial charge in [-0.1, -0.05) is 0 Å². The van der Waals surface area contributed by atoms with E-state index in [-0.39, 0.29) is 11.0 Å². The number of halogens is 3. The number of nitrogen functional groups attached to an aromatic ring is 1. The first-order valence-corrected chi connectivity index (χ1v) is 4.99. The number of aromatic nitrogens is 4. The lowest BCUT2D eigenvalue weighted by atomic mass is 10.4. The van der Waals surface area contributed by atoms with E-state index in [4.69, 9.17) is 5.73 Å². The highest BCUT2D eigenvalue weighted by molar-refractivity contribution is 7.13. The molecule has 0 bridgehead atoms. The van der Waals surface area contributed by atoms with Crippen molar-refractivity contribution in [2.24, 2.45) is 0 Å². The van der Waals surface area contributed by atoms with Gasteiger partial charge in [-0.2, -0.15) is 18.3 Å². The number of thiazole rings is 1. The van der Waals surface area contributed by atoms with Gasteiger partial charge < -0.3 is 5.73 Å². The van der Waals surface area contributed by atoms with Gasteiger partial charge in [-0.05, 0) is 0 Å². The molecule has 0 aliphatic carbocycles. The van der Waals surface area contributed by atoms with Gasteiger partial charge in [0, 0.05) is 5.38 Å². The van der Waals surface area contributed by atoms with Gasteiger partial charge in [0.1, 0.15) is 18.6 Å². The largest absolute Gasteiger partial charge is 0.408 e. The van der Waals surface area contributed by atoms with E-state index in [9.17, 15) is 13.2 Å². The van der Waals surface area contributed by atoms with Crippen molar-refractivity contribution in [1.29, 1.82) is 0 Å². The molecule has 0 fully saturated rings. The van der Waals surface area contributed by atoms with Crippen LogP contribution in [0, 0.1) is 0 Å². The monoisotopic (exact) mass is 249 g/mol. The van der Waals surface area contributed by atoms with Crippen LogP contribution < -0.4 is 5.73 Å². The highest BCUT2D eigenvalue weighted by Gasteiger charge is 2.30. The van der Waals surface area contributed by atoms with Crippen LogP contribution in [0.15, 0.2) is 11.7 Å². The van der Waals surface area contributed by atoms with E-state index in [2.05, 4.69) is 15.1 Å². The van der Waals surface area contributed by atoms with E-state index < -0.39 is 12.7 Å². The zero-order valence-corrected chi connectivity index (χ0v) is 8.59. The van der Waals surface area contributed by atoms with Gasteiger partial charge in [0.15, 0.2) is 11.0 Å². The third kappa shape index (κ3) is 2.30. The predicted octanol–water partition coefficient (Wildman–Crippen LogP) is 1.55. The van der Waals surface area contributed by atoms with Crippen molar-refractivity contribution >= 4 is 16.5 Å². The molecule has 2 N–H and O–H groups in total. The fraction of sp³-hybridized carbons (Fsp3) is 0.286.